The van der Waals surface area contributed by atoms with Gasteiger partial charge in [0.2, 0.25) is 5.91 Å². The molecule has 0 spiro atoms. The van der Waals surface area contributed by atoms with Crippen molar-refractivity contribution in [2.45, 2.75) is 25.8 Å². The molecule has 20 heavy (non-hydrogen) atoms. The van der Waals surface area contributed by atoms with Crippen LogP contribution in [-0.4, -0.2) is 34.1 Å². The molecule has 1 aliphatic heterocycles. The van der Waals surface area contributed by atoms with E-state index in [-0.39, 0.29) is 12.8 Å². The minimum atomic E-state index is -1.09. The molecule has 1 heterocycles. The molecular weight excluding hydrogens is 262 g/mol. The van der Waals surface area contributed by atoms with Crippen LogP contribution in [0.2, 0.25) is 0 Å². The smallest absolute Gasteiger partial charge is 0.327 e. The topological polar surface area (TPSA) is 94.9 Å². The number of carboxylic acids is 2. The van der Waals surface area contributed by atoms with Gasteiger partial charge in [-0.3, -0.25) is 14.5 Å². The highest BCUT2D eigenvalue weighted by Gasteiger charge is 2.39. The van der Waals surface area contributed by atoms with Crippen LogP contribution in [0, 0.1) is 5.92 Å². The predicted molar refractivity (Wildman–Crippen MR) is 70.5 cm³/mol. The van der Waals surface area contributed by atoms with Gasteiger partial charge in [-0.2, -0.15) is 0 Å². The summed E-state index contributed by atoms with van der Waals surface area (Å²) < 4.78 is 0. The Kier molecular flexibility index (Phi) is 3.74. The van der Waals surface area contributed by atoms with Gasteiger partial charge in [-0.05, 0) is 11.6 Å². The van der Waals surface area contributed by atoms with Crippen molar-refractivity contribution in [3.05, 3.63) is 29.8 Å². The van der Waals surface area contributed by atoms with Crippen LogP contribution in [0.3, 0.4) is 0 Å². The Hall–Kier alpha value is -2.37. The van der Waals surface area contributed by atoms with E-state index in [0.717, 1.165) is 5.56 Å². The maximum Gasteiger partial charge on any atom is 0.327 e. The van der Waals surface area contributed by atoms with Crippen LogP contribution in [0.15, 0.2) is 24.3 Å². The molecule has 1 aliphatic rings. The Morgan fingerprint density at radius 3 is 2.55 bits per heavy atom. The van der Waals surface area contributed by atoms with E-state index in [1.807, 2.05) is 0 Å². The summed E-state index contributed by atoms with van der Waals surface area (Å²) in [6.07, 6.45) is -0.0686. The molecule has 0 radical (unpaired) electrons. The second kappa shape index (κ2) is 5.32. The number of carbonyl (C=O) groups is 3. The predicted octanol–water partition coefficient (Wildman–Crippen LogP) is 1.14. The van der Waals surface area contributed by atoms with Crippen molar-refractivity contribution in [1.29, 1.82) is 0 Å². The first-order valence-corrected chi connectivity index (χ1v) is 6.27. The van der Waals surface area contributed by atoms with E-state index < -0.39 is 29.8 Å². The van der Waals surface area contributed by atoms with Gasteiger partial charge in [-0.15, -0.1) is 0 Å². The van der Waals surface area contributed by atoms with Gasteiger partial charge in [0, 0.05) is 18.0 Å². The van der Waals surface area contributed by atoms with Gasteiger partial charge in [-0.25, -0.2) is 4.79 Å². The summed E-state index contributed by atoms with van der Waals surface area (Å²) >= 11 is 0. The number of carbonyl (C=O) groups excluding carboxylic acids is 1. The van der Waals surface area contributed by atoms with Gasteiger partial charge in [0.05, 0.1) is 6.42 Å². The monoisotopic (exact) mass is 277 g/mol. The molecule has 0 aliphatic carbocycles. The Balaban J connectivity index is 2.33. The molecule has 1 aromatic rings. The number of hydrogen-bond acceptors (Lipinski definition) is 3. The Labute approximate surface area is 115 Å². The number of amides is 1. The fourth-order valence-corrected chi connectivity index (χ4v) is 2.44. The van der Waals surface area contributed by atoms with Crippen LogP contribution in [0.1, 0.15) is 18.9 Å². The van der Waals surface area contributed by atoms with Crippen LogP contribution in [0.4, 0.5) is 5.69 Å². The number of para-hydroxylation sites is 1. The lowest BCUT2D eigenvalue weighted by Gasteiger charge is -2.25. The van der Waals surface area contributed by atoms with Crippen LogP contribution in [0.5, 0.6) is 0 Å². The minimum Gasteiger partial charge on any atom is -0.481 e. The van der Waals surface area contributed by atoms with Crippen molar-refractivity contribution in [3.8, 4) is 0 Å². The zero-order valence-electron chi connectivity index (χ0n) is 10.9. The number of fused-ring (bicyclic) bond motifs is 1. The number of carboxylic acid groups (broad SMARTS) is 2. The first-order valence-electron chi connectivity index (χ1n) is 6.27. The maximum atomic E-state index is 12.4. The quantitative estimate of drug-likeness (QED) is 0.860. The molecule has 0 bridgehead atoms. The Bertz CT molecular complexity index is 568. The third-order valence-electron chi connectivity index (χ3n) is 3.40. The van der Waals surface area contributed by atoms with Crippen LogP contribution in [0.25, 0.3) is 0 Å². The number of hydrogen-bond donors (Lipinski definition) is 2. The number of anilines is 1. The first-order chi connectivity index (χ1) is 9.41. The summed E-state index contributed by atoms with van der Waals surface area (Å²) in [4.78, 5) is 35.6. The molecule has 2 N–H and O–H groups in total. The molecule has 2 rings (SSSR count). The molecule has 0 unspecified atom stereocenters. The van der Waals surface area contributed by atoms with E-state index in [9.17, 15) is 19.5 Å². The van der Waals surface area contributed by atoms with E-state index in [0.29, 0.717) is 5.69 Å². The molecule has 0 aromatic heterocycles. The number of rotatable bonds is 4. The second-order valence-corrected chi connectivity index (χ2v) is 4.89. The molecule has 0 saturated carbocycles. The average Bonchev–Trinajstić information content (AvgIpc) is 2.76. The lowest BCUT2D eigenvalue weighted by atomic mass is 10.1. The van der Waals surface area contributed by atoms with Crippen molar-refractivity contribution in [3.63, 3.8) is 0 Å². The zero-order chi connectivity index (χ0) is 14.9. The summed E-state index contributed by atoms with van der Waals surface area (Å²) in [6, 6.07) is 6.01. The standard InChI is InChI=1S/C14H15NO5/c1-8(6-12(16)17)13(18)15-10-5-3-2-4-9(10)7-11(15)14(19)20/h2-5,8,11H,6-7H2,1H3,(H,16,17)(H,19,20)/t8-,11+/m0/s1. The van der Waals surface area contributed by atoms with Crippen molar-refractivity contribution >= 4 is 23.5 Å². The minimum absolute atomic E-state index is 0.247. The Morgan fingerprint density at radius 2 is 1.95 bits per heavy atom. The fourth-order valence-electron chi connectivity index (χ4n) is 2.44. The van der Waals surface area contributed by atoms with E-state index in [4.69, 9.17) is 5.11 Å². The van der Waals surface area contributed by atoms with Crippen molar-refractivity contribution in [2.75, 3.05) is 4.90 Å². The second-order valence-electron chi connectivity index (χ2n) is 4.89. The van der Waals surface area contributed by atoms with E-state index >= 15 is 0 Å². The SMILES string of the molecule is C[C@@H](CC(=O)O)C(=O)N1c2ccccc2C[C@@H]1C(=O)O. The molecule has 2 atom stereocenters. The third kappa shape index (κ3) is 2.49. The van der Waals surface area contributed by atoms with Gasteiger partial charge in [0.1, 0.15) is 6.04 Å². The molecular formula is C14H15NO5. The third-order valence-corrected chi connectivity index (χ3v) is 3.40. The van der Waals surface area contributed by atoms with E-state index in [1.54, 1.807) is 24.3 Å². The van der Waals surface area contributed by atoms with Crippen LogP contribution < -0.4 is 4.90 Å². The first kappa shape index (κ1) is 14.0. The van der Waals surface area contributed by atoms with Gasteiger partial charge >= 0.3 is 11.9 Å². The highest BCUT2D eigenvalue weighted by Crippen LogP contribution is 2.33. The van der Waals surface area contributed by atoms with Crippen molar-refractivity contribution in [2.24, 2.45) is 5.92 Å². The molecule has 6 heteroatoms. The number of nitrogens with zero attached hydrogens (tertiary/aromatic N) is 1. The van der Waals surface area contributed by atoms with Crippen LogP contribution >= 0.6 is 0 Å². The molecule has 0 fully saturated rings. The zero-order valence-corrected chi connectivity index (χ0v) is 10.9. The summed E-state index contributed by atoms with van der Waals surface area (Å²) in [5.41, 5.74) is 1.35. The van der Waals surface area contributed by atoms with Gasteiger partial charge < -0.3 is 10.2 Å². The summed E-state index contributed by atoms with van der Waals surface area (Å²) in [5.74, 6) is -3.40. The van der Waals surface area contributed by atoms with E-state index in [1.165, 1.54) is 11.8 Å². The maximum absolute atomic E-state index is 12.4. The van der Waals surface area contributed by atoms with Crippen molar-refractivity contribution < 1.29 is 24.6 Å². The van der Waals surface area contributed by atoms with E-state index in [2.05, 4.69) is 0 Å². The van der Waals surface area contributed by atoms with Gasteiger partial charge in [-0.1, -0.05) is 25.1 Å². The summed E-state index contributed by atoms with van der Waals surface area (Å²) in [6.45, 7) is 1.50. The summed E-state index contributed by atoms with van der Waals surface area (Å²) in [5, 5.41) is 18.0. The fraction of sp³-hybridized carbons (Fsp3) is 0.357. The highest BCUT2D eigenvalue weighted by molar-refractivity contribution is 6.03. The molecule has 0 saturated heterocycles. The normalized spacial score (nSPS) is 18.4. The number of benzene rings is 1. The van der Waals surface area contributed by atoms with Gasteiger partial charge in [0.25, 0.3) is 0 Å². The van der Waals surface area contributed by atoms with Crippen LogP contribution in [-0.2, 0) is 20.8 Å². The molecule has 1 aromatic carbocycles. The highest BCUT2D eigenvalue weighted by atomic mass is 16.4. The average molecular weight is 277 g/mol. The van der Waals surface area contributed by atoms with Crippen molar-refractivity contribution in [1.82, 2.24) is 0 Å². The lowest BCUT2D eigenvalue weighted by molar-refractivity contribution is -0.141. The summed E-state index contributed by atoms with van der Waals surface area (Å²) in [7, 11) is 0. The molecule has 106 valence electrons. The largest absolute Gasteiger partial charge is 0.481 e. The Morgan fingerprint density at radius 1 is 1.30 bits per heavy atom. The molecule has 6 nitrogen and oxygen atoms in total. The molecule has 1 amide bonds. The van der Waals surface area contributed by atoms with Gasteiger partial charge in [0.15, 0.2) is 0 Å². The lowest BCUT2D eigenvalue weighted by Crippen LogP contribution is -2.45. The number of aliphatic carboxylic acids is 2.